The van der Waals surface area contributed by atoms with Gasteiger partial charge in [0, 0.05) is 7.05 Å². The van der Waals surface area contributed by atoms with Crippen LogP contribution in [0.4, 0.5) is 0 Å². The molecule has 1 atom stereocenters. The summed E-state index contributed by atoms with van der Waals surface area (Å²) in [5, 5.41) is 23.6. The summed E-state index contributed by atoms with van der Waals surface area (Å²) >= 11 is 1.29. The lowest BCUT2D eigenvalue weighted by atomic mass is 9.83. The van der Waals surface area contributed by atoms with E-state index in [0.29, 0.717) is 5.16 Å². The van der Waals surface area contributed by atoms with Crippen molar-refractivity contribution >= 4 is 17.7 Å². The van der Waals surface area contributed by atoms with Gasteiger partial charge in [0.05, 0.1) is 11.3 Å². The molecule has 0 unspecified atom stereocenters. The lowest BCUT2D eigenvalue weighted by Gasteiger charge is -2.32. The van der Waals surface area contributed by atoms with Crippen LogP contribution in [0.3, 0.4) is 0 Å². The molecule has 2 rings (SSSR count). The number of rotatable bonds is 4. The summed E-state index contributed by atoms with van der Waals surface area (Å²) in [4.78, 5) is 12.3. The van der Waals surface area contributed by atoms with Crippen LogP contribution >= 0.6 is 11.8 Å². The van der Waals surface area contributed by atoms with Crippen LogP contribution < -0.4 is 5.32 Å². The summed E-state index contributed by atoms with van der Waals surface area (Å²) < 4.78 is 1.52. The van der Waals surface area contributed by atoms with Gasteiger partial charge in [0.15, 0.2) is 0 Å². The predicted molar refractivity (Wildman–Crippen MR) is 73.7 cm³/mol. The van der Waals surface area contributed by atoms with Gasteiger partial charge in [0.25, 0.3) is 0 Å². The molecule has 1 fully saturated rings. The first-order valence-electron chi connectivity index (χ1n) is 6.69. The maximum absolute atomic E-state index is 12.3. The standard InChI is InChI=1S/C12H18N6OS/c1-9(20-11-15-16-17-18(11)2)10(19)14-12(8-13)6-4-3-5-7-12/h9H,3-7H2,1-2H3,(H,14,19)/t9-/m0/s1. The Bertz CT molecular complexity index is 516. The van der Waals surface area contributed by atoms with E-state index in [-0.39, 0.29) is 11.2 Å². The molecule has 20 heavy (non-hydrogen) atoms. The van der Waals surface area contributed by atoms with Crippen LogP contribution in [0.5, 0.6) is 0 Å². The van der Waals surface area contributed by atoms with E-state index in [9.17, 15) is 10.1 Å². The van der Waals surface area contributed by atoms with Gasteiger partial charge < -0.3 is 5.32 Å². The van der Waals surface area contributed by atoms with E-state index in [1.165, 1.54) is 16.4 Å². The van der Waals surface area contributed by atoms with E-state index in [4.69, 9.17) is 0 Å². The highest BCUT2D eigenvalue weighted by Gasteiger charge is 2.35. The van der Waals surface area contributed by atoms with E-state index < -0.39 is 5.54 Å². The maximum Gasteiger partial charge on any atom is 0.234 e. The Morgan fingerprint density at radius 3 is 2.75 bits per heavy atom. The lowest BCUT2D eigenvalue weighted by Crippen LogP contribution is -2.50. The summed E-state index contributed by atoms with van der Waals surface area (Å²) in [6.07, 6.45) is 4.58. The summed E-state index contributed by atoms with van der Waals surface area (Å²) in [7, 11) is 1.73. The van der Waals surface area contributed by atoms with Crippen molar-refractivity contribution in [1.82, 2.24) is 25.5 Å². The van der Waals surface area contributed by atoms with Crippen LogP contribution in [0, 0.1) is 11.3 Å². The molecule has 1 amide bonds. The van der Waals surface area contributed by atoms with Gasteiger partial charge in [-0.25, -0.2) is 4.68 Å². The van der Waals surface area contributed by atoms with Crippen LogP contribution in [-0.4, -0.2) is 36.9 Å². The molecule has 1 aromatic heterocycles. The highest BCUT2D eigenvalue weighted by atomic mass is 32.2. The molecule has 1 aromatic rings. The van der Waals surface area contributed by atoms with E-state index in [2.05, 4.69) is 26.9 Å². The van der Waals surface area contributed by atoms with Crippen LogP contribution in [-0.2, 0) is 11.8 Å². The minimum Gasteiger partial charge on any atom is -0.337 e. The Morgan fingerprint density at radius 1 is 1.50 bits per heavy atom. The van der Waals surface area contributed by atoms with Gasteiger partial charge in [-0.05, 0) is 30.2 Å². The molecule has 8 heteroatoms. The van der Waals surface area contributed by atoms with Gasteiger partial charge >= 0.3 is 0 Å². The average Bonchev–Trinajstić information content (AvgIpc) is 2.85. The number of nitriles is 1. The first-order chi connectivity index (χ1) is 9.56. The minimum absolute atomic E-state index is 0.138. The van der Waals surface area contributed by atoms with Crippen molar-refractivity contribution in [2.75, 3.05) is 0 Å². The lowest BCUT2D eigenvalue weighted by molar-refractivity contribution is -0.121. The number of carbonyl (C=O) groups excluding carboxylic acids is 1. The van der Waals surface area contributed by atoms with Crippen molar-refractivity contribution < 1.29 is 4.79 Å². The number of thioether (sulfide) groups is 1. The number of amides is 1. The van der Waals surface area contributed by atoms with Crippen molar-refractivity contribution in [2.24, 2.45) is 7.05 Å². The third-order valence-corrected chi connectivity index (χ3v) is 4.64. The summed E-state index contributed by atoms with van der Waals surface area (Å²) in [6, 6.07) is 2.29. The largest absolute Gasteiger partial charge is 0.337 e. The van der Waals surface area contributed by atoms with Crippen LogP contribution in [0.2, 0.25) is 0 Å². The molecular weight excluding hydrogens is 276 g/mol. The summed E-state index contributed by atoms with van der Waals surface area (Å²) in [5.74, 6) is -0.138. The van der Waals surface area contributed by atoms with Gasteiger partial charge in [-0.15, -0.1) is 5.10 Å². The Morgan fingerprint density at radius 2 is 2.20 bits per heavy atom. The third-order valence-electron chi connectivity index (χ3n) is 3.52. The Kier molecular flexibility index (Phi) is 4.60. The van der Waals surface area contributed by atoms with E-state index in [1.807, 2.05) is 0 Å². The molecule has 1 aliphatic rings. The SMILES string of the molecule is C[C@H](Sc1nnnn1C)C(=O)NC1(C#N)CCCCC1. The first kappa shape index (κ1) is 14.8. The normalized spacial score (nSPS) is 19.1. The second-order valence-electron chi connectivity index (χ2n) is 5.09. The first-order valence-corrected chi connectivity index (χ1v) is 7.56. The van der Waals surface area contributed by atoms with Crippen molar-refractivity contribution in [1.29, 1.82) is 5.26 Å². The number of aromatic nitrogens is 4. The molecule has 7 nitrogen and oxygen atoms in total. The van der Waals surface area contributed by atoms with Gasteiger partial charge in [-0.3, -0.25) is 4.79 Å². The van der Waals surface area contributed by atoms with Gasteiger partial charge in [-0.2, -0.15) is 5.26 Å². The quantitative estimate of drug-likeness (QED) is 0.833. The Balaban J connectivity index is 1.97. The fourth-order valence-corrected chi connectivity index (χ4v) is 3.05. The van der Waals surface area contributed by atoms with Crippen molar-refractivity contribution in [2.45, 2.75) is 55.0 Å². The minimum atomic E-state index is -0.692. The zero-order valence-electron chi connectivity index (χ0n) is 11.7. The molecule has 108 valence electrons. The highest BCUT2D eigenvalue weighted by molar-refractivity contribution is 8.00. The van der Waals surface area contributed by atoms with Crippen molar-refractivity contribution in [3.63, 3.8) is 0 Å². The zero-order chi connectivity index (χ0) is 14.6. The topological polar surface area (TPSA) is 96.5 Å². The number of carbonyl (C=O) groups is 1. The summed E-state index contributed by atoms with van der Waals surface area (Å²) in [6.45, 7) is 1.79. The van der Waals surface area contributed by atoms with E-state index in [0.717, 1.165) is 32.1 Å². The van der Waals surface area contributed by atoms with Gasteiger partial charge in [0.1, 0.15) is 5.54 Å². The number of aryl methyl sites for hydroxylation is 1. The molecule has 0 bridgehead atoms. The Labute approximate surface area is 122 Å². The smallest absolute Gasteiger partial charge is 0.234 e. The molecule has 0 spiro atoms. The number of tetrazole rings is 1. The van der Waals surface area contributed by atoms with E-state index in [1.54, 1.807) is 14.0 Å². The number of nitrogens with one attached hydrogen (secondary N) is 1. The maximum atomic E-state index is 12.3. The number of hydrogen-bond acceptors (Lipinski definition) is 6. The number of nitrogens with zero attached hydrogens (tertiary/aromatic N) is 5. The van der Waals surface area contributed by atoms with Crippen LogP contribution in [0.25, 0.3) is 0 Å². The molecule has 0 aromatic carbocycles. The Hall–Kier alpha value is -1.62. The monoisotopic (exact) mass is 294 g/mol. The molecule has 0 aliphatic heterocycles. The molecular formula is C12H18N6OS. The van der Waals surface area contributed by atoms with Crippen LogP contribution in [0.1, 0.15) is 39.0 Å². The van der Waals surface area contributed by atoms with Gasteiger partial charge in [0.2, 0.25) is 11.1 Å². The summed E-state index contributed by atoms with van der Waals surface area (Å²) in [5.41, 5.74) is -0.692. The molecule has 1 N–H and O–H groups in total. The molecule has 1 heterocycles. The molecule has 1 saturated carbocycles. The van der Waals surface area contributed by atoms with Gasteiger partial charge in [-0.1, -0.05) is 31.0 Å². The molecule has 0 radical (unpaired) electrons. The second-order valence-corrected chi connectivity index (χ2v) is 6.40. The zero-order valence-corrected chi connectivity index (χ0v) is 12.5. The predicted octanol–water partition coefficient (Wildman–Crippen LogP) is 1.03. The molecule has 1 aliphatic carbocycles. The highest BCUT2D eigenvalue weighted by Crippen LogP contribution is 2.28. The second kappa shape index (κ2) is 6.22. The molecule has 0 saturated heterocycles. The number of hydrogen-bond donors (Lipinski definition) is 1. The van der Waals surface area contributed by atoms with E-state index >= 15 is 0 Å². The van der Waals surface area contributed by atoms with Crippen molar-refractivity contribution in [3.05, 3.63) is 0 Å². The third kappa shape index (κ3) is 3.28. The fourth-order valence-electron chi connectivity index (χ4n) is 2.29. The van der Waals surface area contributed by atoms with Crippen molar-refractivity contribution in [3.8, 4) is 6.07 Å². The fraction of sp³-hybridized carbons (Fsp3) is 0.750. The van der Waals surface area contributed by atoms with Crippen LogP contribution in [0.15, 0.2) is 5.16 Å². The average molecular weight is 294 g/mol.